The summed E-state index contributed by atoms with van der Waals surface area (Å²) in [7, 11) is 1.28. The maximum atomic E-state index is 13.2. The van der Waals surface area contributed by atoms with Gasteiger partial charge in [0.15, 0.2) is 0 Å². The molecule has 0 aliphatic heterocycles. The minimum Gasteiger partial charge on any atom is -0.465 e. The third kappa shape index (κ3) is 4.89. The molecule has 26 heavy (non-hydrogen) atoms. The van der Waals surface area contributed by atoms with Gasteiger partial charge in [0.05, 0.1) is 12.7 Å². The Hall–Kier alpha value is -3.22. The fourth-order valence-corrected chi connectivity index (χ4v) is 2.40. The summed E-state index contributed by atoms with van der Waals surface area (Å²) in [5.41, 5.74) is 1.03. The van der Waals surface area contributed by atoms with Crippen molar-refractivity contribution in [1.82, 2.24) is 5.32 Å². The summed E-state index contributed by atoms with van der Waals surface area (Å²) < 4.78 is 17.8. The van der Waals surface area contributed by atoms with E-state index in [0.29, 0.717) is 11.3 Å². The van der Waals surface area contributed by atoms with Crippen LogP contribution in [0, 0.1) is 5.82 Å². The highest BCUT2D eigenvalue weighted by molar-refractivity contribution is 5.96. The number of methoxy groups -OCH3 is 1. The van der Waals surface area contributed by atoms with Gasteiger partial charge in [0.2, 0.25) is 5.91 Å². The standard InChI is InChI=1S/C19H19FN2O4/c1-13(23)22(17-8-4-6-15(12-17)19(25)26-2)10-9-21-18(24)14-5-3-7-16(20)11-14/h3-8,11-12H,9-10H2,1-2H3,(H,21,24). The number of anilines is 1. The topological polar surface area (TPSA) is 75.7 Å². The molecule has 0 atom stereocenters. The molecule has 0 aliphatic rings. The number of hydrogen-bond donors (Lipinski definition) is 1. The SMILES string of the molecule is COC(=O)c1cccc(N(CCNC(=O)c2cccc(F)c2)C(C)=O)c1. The molecule has 2 aromatic carbocycles. The normalized spacial score (nSPS) is 10.1. The Morgan fingerprint density at radius 2 is 1.77 bits per heavy atom. The Morgan fingerprint density at radius 1 is 1.08 bits per heavy atom. The van der Waals surface area contributed by atoms with Crippen molar-refractivity contribution in [2.75, 3.05) is 25.1 Å². The number of carbonyl (C=O) groups is 3. The Morgan fingerprint density at radius 3 is 2.42 bits per heavy atom. The Labute approximate surface area is 150 Å². The van der Waals surface area contributed by atoms with Crippen LogP contribution in [0.15, 0.2) is 48.5 Å². The zero-order valence-electron chi connectivity index (χ0n) is 14.5. The van der Waals surface area contributed by atoms with E-state index in [1.54, 1.807) is 24.3 Å². The number of amides is 2. The first kappa shape index (κ1) is 19.1. The molecular formula is C19H19FN2O4. The first-order valence-corrected chi connectivity index (χ1v) is 7.92. The van der Waals surface area contributed by atoms with E-state index in [4.69, 9.17) is 0 Å². The molecular weight excluding hydrogens is 339 g/mol. The van der Waals surface area contributed by atoms with Gasteiger partial charge in [0.1, 0.15) is 5.82 Å². The summed E-state index contributed by atoms with van der Waals surface area (Å²) in [5, 5.41) is 2.64. The summed E-state index contributed by atoms with van der Waals surface area (Å²) >= 11 is 0. The highest BCUT2D eigenvalue weighted by Gasteiger charge is 2.15. The maximum absolute atomic E-state index is 13.2. The number of nitrogens with one attached hydrogen (secondary N) is 1. The summed E-state index contributed by atoms with van der Waals surface area (Å²) in [6, 6.07) is 11.8. The molecule has 0 aromatic heterocycles. The predicted molar refractivity (Wildman–Crippen MR) is 94.5 cm³/mol. The van der Waals surface area contributed by atoms with Crippen molar-refractivity contribution < 1.29 is 23.5 Å². The second kappa shape index (κ2) is 8.75. The van der Waals surface area contributed by atoms with E-state index >= 15 is 0 Å². The molecule has 0 saturated heterocycles. The maximum Gasteiger partial charge on any atom is 0.337 e. The smallest absolute Gasteiger partial charge is 0.337 e. The van der Waals surface area contributed by atoms with Crippen LogP contribution in [0.2, 0.25) is 0 Å². The van der Waals surface area contributed by atoms with E-state index in [1.165, 1.54) is 37.1 Å². The van der Waals surface area contributed by atoms with Crippen LogP contribution in [0.25, 0.3) is 0 Å². The van der Waals surface area contributed by atoms with Crippen LogP contribution in [0.5, 0.6) is 0 Å². The van der Waals surface area contributed by atoms with Crippen LogP contribution in [-0.4, -0.2) is 38.0 Å². The molecule has 0 heterocycles. The number of benzene rings is 2. The van der Waals surface area contributed by atoms with Crippen molar-refractivity contribution in [1.29, 1.82) is 0 Å². The van der Waals surface area contributed by atoms with Gasteiger partial charge in [-0.15, -0.1) is 0 Å². The number of hydrogen-bond acceptors (Lipinski definition) is 4. The van der Waals surface area contributed by atoms with Crippen molar-refractivity contribution >= 4 is 23.5 Å². The lowest BCUT2D eigenvalue weighted by Gasteiger charge is -2.22. The van der Waals surface area contributed by atoms with E-state index in [9.17, 15) is 18.8 Å². The molecule has 2 aromatic rings. The molecule has 0 bridgehead atoms. The molecule has 0 spiro atoms. The molecule has 0 saturated carbocycles. The molecule has 7 heteroatoms. The van der Waals surface area contributed by atoms with Crippen LogP contribution in [0.4, 0.5) is 10.1 Å². The lowest BCUT2D eigenvalue weighted by Crippen LogP contribution is -2.37. The van der Waals surface area contributed by atoms with Crippen LogP contribution in [0.3, 0.4) is 0 Å². The predicted octanol–water partition coefficient (Wildman–Crippen LogP) is 2.40. The first-order valence-electron chi connectivity index (χ1n) is 7.92. The van der Waals surface area contributed by atoms with Gasteiger partial charge in [-0.05, 0) is 36.4 Å². The lowest BCUT2D eigenvalue weighted by atomic mass is 10.2. The van der Waals surface area contributed by atoms with Gasteiger partial charge < -0.3 is 15.0 Å². The monoisotopic (exact) mass is 358 g/mol. The Kier molecular flexibility index (Phi) is 6.43. The zero-order valence-corrected chi connectivity index (χ0v) is 14.5. The minimum absolute atomic E-state index is 0.164. The minimum atomic E-state index is -0.505. The summed E-state index contributed by atoms with van der Waals surface area (Å²) in [6.45, 7) is 1.75. The summed E-state index contributed by atoms with van der Waals surface area (Å²) in [6.07, 6.45) is 0. The fraction of sp³-hybridized carbons (Fsp3) is 0.211. The van der Waals surface area contributed by atoms with Gasteiger partial charge in [-0.1, -0.05) is 12.1 Å². The first-order chi connectivity index (χ1) is 12.4. The Bertz CT molecular complexity index is 823. The number of ether oxygens (including phenoxy) is 1. The number of halogens is 1. The number of rotatable bonds is 6. The van der Waals surface area contributed by atoms with E-state index in [2.05, 4.69) is 10.1 Å². The van der Waals surface area contributed by atoms with Gasteiger partial charge in [0, 0.05) is 31.3 Å². The van der Waals surface area contributed by atoms with Crippen LogP contribution >= 0.6 is 0 Å². The molecule has 2 rings (SSSR count). The van der Waals surface area contributed by atoms with E-state index in [0.717, 1.165) is 6.07 Å². The molecule has 1 N–H and O–H groups in total. The van der Waals surface area contributed by atoms with Crippen molar-refractivity contribution in [3.8, 4) is 0 Å². The highest BCUT2D eigenvalue weighted by atomic mass is 19.1. The van der Waals surface area contributed by atoms with E-state index < -0.39 is 17.7 Å². The van der Waals surface area contributed by atoms with Gasteiger partial charge in [0.25, 0.3) is 5.91 Å². The second-order valence-electron chi connectivity index (χ2n) is 5.48. The summed E-state index contributed by atoms with van der Waals surface area (Å²) in [4.78, 5) is 37.0. The highest BCUT2D eigenvalue weighted by Crippen LogP contribution is 2.17. The van der Waals surface area contributed by atoms with Crippen molar-refractivity contribution in [3.63, 3.8) is 0 Å². The zero-order chi connectivity index (χ0) is 19.1. The van der Waals surface area contributed by atoms with Crippen LogP contribution < -0.4 is 10.2 Å². The quantitative estimate of drug-likeness (QED) is 0.805. The number of esters is 1. The van der Waals surface area contributed by atoms with Crippen molar-refractivity contribution in [3.05, 3.63) is 65.5 Å². The average Bonchev–Trinajstić information content (AvgIpc) is 2.64. The van der Waals surface area contributed by atoms with Crippen LogP contribution in [0.1, 0.15) is 27.6 Å². The molecule has 0 unspecified atom stereocenters. The average molecular weight is 358 g/mol. The Balaban J connectivity index is 2.04. The number of nitrogens with zero attached hydrogens (tertiary/aromatic N) is 1. The summed E-state index contributed by atoms with van der Waals surface area (Å²) in [5.74, 6) is -1.68. The molecule has 136 valence electrons. The van der Waals surface area contributed by atoms with Crippen LogP contribution in [-0.2, 0) is 9.53 Å². The molecule has 0 fully saturated rings. The largest absolute Gasteiger partial charge is 0.465 e. The van der Waals surface area contributed by atoms with Crippen molar-refractivity contribution in [2.45, 2.75) is 6.92 Å². The van der Waals surface area contributed by atoms with Crippen molar-refractivity contribution in [2.24, 2.45) is 0 Å². The lowest BCUT2D eigenvalue weighted by molar-refractivity contribution is -0.116. The number of carbonyl (C=O) groups excluding carboxylic acids is 3. The van der Waals surface area contributed by atoms with Gasteiger partial charge in [-0.2, -0.15) is 0 Å². The third-order valence-corrected chi connectivity index (χ3v) is 3.67. The second-order valence-corrected chi connectivity index (χ2v) is 5.48. The van der Waals surface area contributed by atoms with Gasteiger partial charge in [-0.3, -0.25) is 9.59 Å². The molecule has 6 nitrogen and oxygen atoms in total. The van der Waals surface area contributed by atoms with Gasteiger partial charge in [-0.25, -0.2) is 9.18 Å². The van der Waals surface area contributed by atoms with Gasteiger partial charge >= 0.3 is 5.97 Å². The van der Waals surface area contributed by atoms with E-state index in [1.807, 2.05) is 0 Å². The van der Waals surface area contributed by atoms with E-state index in [-0.39, 0.29) is 24.6 Å². The molecule has 0 radical (unpaired) electrons. The fourth-order valence-electron chi connectivity index (χ4n) is 2.40. The molecule has 2 amide bonds. The molecule has 0 aliphatic carbocycles. The third-order valence-electron chi connectivity index (χ3n) is 3.67.